The minimum atomic E-state index is -0.225. The van der Waals surface area contributed by atoms with Crippen LogP contribution < -0.4 is 0 Å². The molecule has 1 rings (SSSR count). The number of hydrogen-bond acceptors (Lipinski definition) is 2. The van der Waals surface area contributed by atoms with E-state index in [0.29, 0.717) is 0 Å². The largest absolute Gasteiger partial charge is 0.393 e. The Hall–Kier alpha value is -0.0800. The van der Waals surface area contributed by atoms with Crippen molar-refractivity contribution in [2.75, 3.05) is 19.6 Å². The second-order valence-electron chi connectivity index (χ2n) is 6.53. The normalized spacial score (nSPS) is 25.6. The molecular formula is C15H31NO. The highest BCUT2D eigenvalue weighted by Crippen LogP contribution is 2.26. The highest BCUT2D eigenvalue weighted by molar-refractivity contribution is 4.80. The first kappa shape index (κ1) is 15.0. The van der Waals surface area contributed by atoms with E-state index in [2.05, 4.69) is 25.7 Å². The third-order valence-electron chi connectivity index (χ3n) is 4.40. The molecule has 1 heterocycles. The SMILES string of the molecule is CCCC1CCCN(CC(C)(C)C(C)O)CC1. The van der Waals surface area contributed by atoms with Crippen molar-refractivity contribution in [2.45, 2.75) is 65.9 Å². The molecule has 0 aromatic rings. The summed E-state index contributed by atoms with van der Waals surface area (Å²) in [6, 6.07) is 0. The molecule has 1 saturated heterocycles. The van der Waals surface area contributed by atoms with Gasteiger partial charge in [-0.25, -0.2) is 0 Å². The molecular weight excluding hydrogens is 210 g/mol. The molecule has 0 spiro atoms. The van der Waals surface area contributed by atoms with Gasteiger partial charge in [0.15, 0.2) is 0 Å². The Morgan fingerprint density at radius 1 is 1.29 bits per heavy atom. The van der Waals surface area contributed by atoms with E-state index in [1.165, 1.54) is 45.2 Å². The van der Waals surface area contributed by atoms with E-state index in [1.54, 1.807) is 0 Å². The lowest BCUT2D eigenvalue weighted by molar-refractivity contribution is 0.0350. The van der Waals surface area contributed by atoms with Gasteiger partial charge < -0.3 is 10.0 Å². The van der Waals surface area contributed by atoms with Crippen LogP contribution in [0.25, 0.3) is 0 Å². The Kier molecular flexibility index (Phi) is 5.94. The van der Waals surface area contributed by atoms with Crippen LogP contribution in [0, 0.1) is 11.3 Å². The fourth-order valence-electron chi connectivity index (χ4n) is 2.79. The molecule has 0 bridgehead atoms. The van der Waals surface area contributed by atoms with Crippen molar-refractivity contribution in [3.63, 3.8) is 0 Å². The van der Waals surface area contributed by atoms with E-state index >= 15 is 0 Å². The molecule has 0 aliphatic carbocycles. The zero-order valence-electron chi connectivity index (χ0n) is 12.2. The standard InChI is InChI=1S/C15H31NO/c1-5-7-14-8-6-10-16(11-9-14)12-15(3,4)13(2)17/h13-14,17H,5-12H2,1-4H3. The molecule has 2 atom stereocenters. The Balaban J connectivity index is 2.41. The Morgan fingerprint density at radius 3 is 2.59 bits per heavy atom. The van der Waals surface area contributed by atoms with Crippen LogP contribution in [0.15, 0.2) is 0 Å². The van der Waals surface area contributed by atoms with Gasteiger partial charge in [0.2, 0.25) is 0 Å². The highest BCUT2D eigenvalue weighted by atomic mass is 16.3. The molecule has 0 radical (unpaired) electrons. The molecule has 1 aliphatic rings. The smallest absolute Gasteiger partial charge is 0.0575 e. The number of hydrogen-bond donors (Lipinski definition) is 1. The van der Waals surface area contributed by atoms with Crippen molar-refractivity contribution in [1.82, 2.24) is 4.90 Å². The monoisotopic (exact) mass is 241 g/mol. The molecule has 0 aromatic heterocycles. The van der Waals surface area contributed by atoms with Crippen LogP contribution in [-0.2, 0) is 0 Å². The quantitative estimate of drug-likeness (QED) is 0.798. The summed E-state index contributed by atoms with van der Waals surface area (Å²) in [5, 5.41) is 9.79. The molecule has 2 unspecified atom stereocenters. The molecule has 2 heteroatoms. The summed E-state index contributed by atoms with van der Waals surface area (Å²) in [5.41, 5.74) is 0.0184. The van der Waals surface area contributed by atoms with E-state index in [0.717, 1.165) is 12.5 Å². The van der Waals surface area contributed by atoms with Gasteiger partial charge in [-0.15, -0.1) is 0 Å². The van der Waals surface area contributed by atoms with Crippen molar-refractivity contribution in [1.29, 1.82) is 0 Å². The predicted molar refractivity (Wildman–Crippen MR) is 74.2 cm³/mol. The topological polar surface area (TPSA) is 23.5 Å². The Morgan fingerprint density at radius 2 is 2.00 bits per heavy atom. The number of nitrogens with zero attached hydrogens (tertiary/aromatic N) is 1. The van der Waals surface area contributed by atoms with Crippen LogP contribution >= 0.6 is 0 Å². The van der Waals surface area contributed by atoms with E-state index in [4.69, 9.17) is 0 Å². The number of aliphatic hydroxyl groups excluding tert-OH is 1. The second kappa shape index (κ2) is 6.75. The summed E-state index contributed by atoms with van der Waals surface area (Å²) in [5.74, 6) is 0.944. The van der Waals surface area contributed by atoms with Crippen molar-refractivity contribution in [3.8, 4) is 0 Å². The van der Waals surface area contributed by atoms with Crippen LogP contribution in [0.2, 0.25) is 0 Å². The molecule has 2 nitrogen and oxygen atoms in total. The van der Waals surface area contributed by atoms with Gasteiger partial charge in [0, 0.05) is 12.0 Å². The third-order valence-corrected chi connectivity index (χ3v) is 4.40. The number of rotatable bonds is 5. The summed E-state index contributed by atoms with van der Waals surface area (Å²) < 4.78 is 0. The molecule has 0 aromatic carbocycles. The molecule has 17 heavy (non-hydrogen) atoms. The van der Waals surface area contributed by atoms with Crippen molar-refractivity contribution in [3.05, 3.63) is 0 Å². The summed E-state index contributed by atoms with van der Waals surface area (Å²) in [6.07, 6.45) is 6.58. The van der Waals surface area contributed by atoms with Crippen molar-refractivity contribution >= 4 is 0 Å². The maximum absolute atomic E-state index is 9.79. The minimum absolute atomic E-state index is 0.0184. The van der Waals surface area contributed by atoms with Crippen LogP contribution in [-0.4, -0.2) is 35.7 Å². The highest BCUT2D eigenvalue weighted by Gasteiger charge is 2.28. The molecule has 0 amide bonds. The maximum atomic E-state index is 9.79. The fraction of sp³-hybridized carbons (Fsp3) is 1.00. The predicted octanol–water partition coefficient (Wildman–Crippen LogP) is 3.30. The number of aliphatic hydroxyl groups is 1. The van der Waals surface area contributed by atoms with E-state index < -0.39 is 0 Å². The van der Waals surface area contributed by atoms with Gasteiger partial charge in [-0.05, 0) is 45.2 Å². The number of likely N-dealkylation sites (tertiary alicyclic amines) is 1. The Labute approximate surface area is 107 Å². The van der Waals surface area contributed by atoms with Crippen molar-refractivity contribution in [2.24, 2.45) is 11.3 Å². The van der Waals surface area contributed by atoms with Crippen LogP contribution in [0.5, 0.6) is 0 Å². The lowest BCUT2D eigenvalue weighted by Crippen LogP contribution is -2.40. The molecule has 1 N–H and O–H groups in total. The first-order valence-corrected chi connectivity index (χ1v) is 7.36. The van der Waals surface area contributed by atoms with Gasteiger partial charge in [-0.3, -0.25) is 0 Å². The zero-order chi connectivity index (χ0) is 12.9. The Bertz CT molecular complexity index is 213. The van der Waals surface area contributed by atoms with Crippen LogP contribution in [0.1, 0.15) is 59.8 Å². The van der Waals surface area contributed by atoms with Gasteiger partial charge in [-0.2, -0.15) is 0 Å². The average molecular weight is 241 g/mol. The van der Waals surface area contributed by atoms with E-state index in [-0.39, 0.29) is 11.5 Å². The lowest BCUT2D eigenvalue weighted by atomic mass is 9.87. The second-order valence-corrected chi connectivity index (χ2v) is 6.53. The molecule has 1 aliphatic heterocycles. The van der Waals surface area contributed by atoms with Crippen molar-refractivity contribution < 1.29 is 5.11 Å². The van der Waals surface area contributed by atoms with Gasteiger partial charge in [0.05, 0.1) is 6.10 Å². The van der Waals surface area contributed by atoms with Crippen LogP contribution in [0.4, 0.5) is 0 Å². The summed E-state index contributed by atoms with van der Waals surface area (Å²) in [4.78, 5) is 2.56. The minimum Gasteiger partial charge on any atom is -0.393 e. The van der Waals surface area contributed by atoms with Gasteiger partial charge >= 0.3 is 0 Å². The van der Waals surface area contributed by atoms with E-state index in [9.17, 15) is 5.11 Å². The molecule has 0 saturated carbocycles. The van der Waals surface area contributed by atoms with Gasteiger partial charge in [-0.1, -0.05) is 33.6 Å². The summed E-state index contributed by atoms with van der Waals surface area (Å²) >= 11 is 0. The third kappa shape index (κ3) is 4.97. The van der Waals surface area contributed by atoms with Gasteiger partial charge in [0.1, 0.15) is 0 Å². The van der Waals surface area contributed by atoms with E-state index in [1.807, 2.05) is 6.92 Å². The maximum Gasteiger partial charge on any atom is 0.0575 e. The average Bonchev–Trinajstić information content (AvgIpc) is 2.44. The summed E-state index contributed by atoms with van der Waals surface area (Å²) in [6.45, 7) is 12.0. The summed E-state index contributed by atoms with van der Waals surface area (Å²) in [7, 11) is 0. The lowest BCUT2D eigenvalue weighted by Gasteiger charge is -2.34. The molecule has 1 fully saturated rings. The first-order valence-electron chi connectivity index (χ1n) is 7.36. The first-order chi connectivity index (χ1) is 7.95. The fourth-order valence-corrected chi connectivity index (χ4v) is 2.79. The van der Waals surface area contributed by atoms with Crippen LogP contribution in [0.3, 0.4) is 0 Å². The zero-order valence-corrected chi connectivity index (χ0v) is 12.2. The molecule has 102 valence electrons. The van der Waals surface area contributed by atoms with Gasteiger partial charge in [0.25, 0.3) is 0 Å².